The molecule has 0 saturated carbocycles. The van der Waals surface area contributed by atoms with Gasteiger partial charge in [0, 0.05) is 52.6 Å². The van der Waals surface area contributed by atoms with Crippen molar-refractivity contribution in [2.75, 3.05) is 0 Å². The summed E-state index contributed by atoms with van der Waals surface area (Å²) in [5.41, 5.74) is 11.7. The minimum Gasteiger partial charge on any atom is -0.264 e. The van der Waals surface area contributed by atoms with E-state index in [0.717, 1.165) is 56.8 Å². The van der Waals surface area contributed by atoms with Crippen LogP contribution >= 0.6 is 0 Å². The van der Waals surface area contributed by atoms with Crippen LogP contribution in [0.15, 0.2) is 146 Å². The van der Waals surface area contributed by atoms with Gasteiger partial charge in [-0.05, 0) is 83.3 Å². The van der Waals surface area contributed by atoms with Gasteiger partial charge in [-0.15, -0.1) is 0 Å². The first-order valence-corrected chi connectivity index (χ1v) is 16.0. The molecule has 224 valence electrons. The molecule has 3 aromatic carbocycles. The van der Waals surface area contributed by atoms with E-state index in [-0.39, 0.29) is 0 Å². The maximum absolute atomic E-state index is 5.19. The van der Waals surface area contributed by atoms with Crippen molar-refractivity contribution in [1.29, 1.82) is 0 Å². The van der Waals surface area contributed by atoms with E-state index < -0.39 is 0 Å². The van der Waals surface area contributed by atoms with Gasteiger partial charge in [-0.1, -0.05) is 98.8 Å². The maximum Gasteiger partial charge on any atom is 0.160 e. The van der Waals surface area contributed by atoms with Gasteiger partial charge in [0.2, 0.25) is 0 Å². The van der Waals surface area contributed by atoms with Crippen LogP contribution in [0.4, 0.5) is 0 Å². The summed E-state index contributed by atoms with van der Waals surface area (Å²) in [6.07, 6.45) is 16.6. The molecule has 2 atom stereocenters. The molecule has 46 heavy (non-hydrogen) atoms. The first kappa shape index (κ1) is 29.2. The van der Waals surface area contributed by atoms with Gasteiger partial charge < -0.3 is 0 Å². The third-order valence-electron chi connectivity index (χ3n) is 8.79. The lowest BCUT2D eigenvalue weighted by atomic mass is 9.85. The molecular formula is C42H36N4. The number of rotatable bonds is 6. The van der Waals surface area contributed by atoms with Crippen LogP contribution in [0, 0.1) is 11.8 Å². The van der Waals surface area contributed by atoms with Gasteiger partial charge >= 0.3 is 0 Å². The Hall–Kier alpha value is -5.48. The van der Waals surface area contributed by atoms with Crippen molar-refractivity contribution in [1.82, 2.24) is 19.9 Å². The number of aromatic nitrogens is 4. The van der Waals surface area contributed by atoms with Crippen molar-refractivity contribution >= 4 is 5.57 Å². The minimum atomic E-state index is 0.468. The topological polar surface area (TPSA) is 51.6 Å². The highest BCUT2D eigenvalue weighted by Gasteiger charge is 2.17. The molecule has 0 amide bonds. The van der Waals surface area contributed by atoms with Crippen LogP contribution in [0.1, 0.15) is 32.3 Å². The fourth-order valence-corrected chi connectivity index (χ4v) is 6.15. The molecule has 0 fully saturated rings. The zero-order valence-corrected chi connectivity index (χ0v) is 26.2. The molecule has 0 aliphatic heterocycles. The zero-order valence-electron chi connectivity index (χ0n) is 26.2. The van der Waals surface area contributed by atoms with Crippen LogP contribution in [-0.2, 0) is 0 Å². The molecular weight excluding hydrogens is 560 g/mol. The summed E-state index contributed by atoms with van der Waals surface area (Å²) in [5, 5.41) is 0. The predicted molar refractivity (Wildman–Crippen MR) is 189 cm³/mol. The quantitative estimate of drug-likeness (QED) is 0.192. The van der Waals surface area contributed by atoms with Crippen molar-refractivity contribution < 1.29 is 0 Å². The largest absolute Gasteiger partial charge is 0.264 e. The van der Waals surface area contributed by atoms with E-state index in [0.29, 0.717) is 17.7 Å². The van der Waals surface area contributed by atoms with Crippen molar-refractivity contribution in [2.24, 2.45) is 11.8 Å². The second kappa shape index (κ2) is 13.3. The first-order chi connectivity index (χ1) is 22.6. The lowest BCUT2D eigenvalue weighted by Crippen LogP contribution is -2.04. The molecule has 1 aliphatic rings. The van der Waals surface area contributed by atoms with E-state index in [4.69, 9.17) is 9.97 Å². The van der Waals surface area contributed by atoms with Gasteiger partial charge in [0.25, 0.3) is 0 Å². The highest BCUT2D eigenvalue weighted by molar-refractivity contribution is 5.79. The molecule has 0 N–H and O–H groups in total. The molecule has 0 radical (unpaired) electrons. The van der Waals surface area contributed by atoms with Crippen LogP contribution in [0.2, 0.25) is 0 Å². The Labute approximate surface area is 271 Å². The molecule has 3 heterocycles. The van der Waals surface area contributed by atoms with E-state index in [1.807, 2.05) is 24.5 Å². The summed E-state index contributed by atoms with van der Waals surface area (Å²) in [7, 11) is 0. The average molecular weight is 597 g/mol. The summed E-state index contributed by atoms with van der Waals surface area (Å²) >= 11 is 0. The van der Waals surface area contributed by atoms with Crippen LogP contribution in [0.5, 0.6) is 0 Å². The highest BCUT2D eigenvalue weighted by atomic mass is 14.9. The summed E-state index contributed by atoms with van der Waals surface area (Å²) in [5.74, 6) is 1.78. The second-order valence-corrected chi connectivity index (χ2v) is 12.2. The molecule has 3 aromatic heterocycles. The Bertz CT molecular complexity index is 1930. The van der Waals surface area contributed by atoms with Gasteiger partial charge in [-0.2, -0.15) is 0 Å². The van der Waals surface area contributed by atoms with E-state index in [9.17, 15) is 0 Å². The molecule has 0 bridgehead atoms. The van der Waals surface area contributed by atoms with Crippen molar-refractivity contribution in [3.8, 4) is 56.2 Å². The minimum absolute atomic E-state index is 0.468. The van der Waals surface area contributed by atoms with Crippen molar-refractivity contribution in [2.45, 2.75) is 26.7 Å². The van der Waals surface area contributed by atoms with Gasteiger partial charge in [0.1, 0.15) is 0 Å². The molecule has 7 rings (SSSR count). The normalized spacial score (nSPS) is 18.2. The number of hydrogen-bond donors (Lipinski definition) is 0. The van der Waals surface area contributed by atoms with Crippen LogP contribution < -0.4 is 0 Å². The molecule has 0 saturated heterocycles. The number of pyridine rings is 2. The van der Waals surface area contributed by atoms with Crippen molar-refractivity contribution in [3.05, 3.63) is 152 Å². The monoisotopic (exact) mass is 596 g/mol. The maximum atomic E-state index is 5.19. The Morgan fingerprint density at radius 3 is 1.63 bits per heavy atom. The fourth-order valence-electron chi connectivity index (χ4n) is 6.15. The Balaban J connectivity index is 1.36. The summed E-state index contributed by atoms with van der Waals surface area (Å²) in [6.45, 7) is 4.63. The lowest BCUT2D eigenvalue weighted by Gasteiger charge is -2.20. The molecule has 4 heteroatoms. The Kier molecular flexibility index (Phi) is 8.42. The molecule has 4 nitrogen and oxygen atoms in total. The van der Waals surface area contributed by atoms with Crippen LogP contribution in [0.25, 0.3) is 61.7 Å². The highest BCUT2D eigenvalue weighted by Crippen LogP contribution is 2.35. The van der Waals surface area contributed by atoms with Gasteiger partial charge in [0.05, 0.1) is 11.4 Å². The number of hydrogen-bond acceptors (Lipinski definition) is 4. The van der Waals surface area contributed by atoms with Gasteiger partial charge in [-0.3, -0.25) is 9.97 Å². The number of benzene rings is 3. The molecule has 1 aliphatic carbocycles. The van der Waals surface area contributed by atoms with Gasteiger partial charge in [0.15, 0.2) is 5.82 Å². The fraction of sp³-hybridized carbons (Fsp3) is 0.143. The Morgan fingerprint density at radius 1 is 0.522 bits per heavy atom. The number of allylic oxidation sites excluding steroid dienone is 4. The molecule has 0 spiro atoms. The third-order valence-corrected chi connectivity index (χ3v) is 8.79. The van der Waals surface area contributed by atoms with E-state index in [2.05, 4.69) is 133 Å². The predicted octanol–water partition coefficient (Wildman–Crippen LogP) is 10.6. The van der Waals surface area contributed by atoms with Crippen molar-refractivity contribution in [3.63, 3.8) is 0 Å². The van der Waals surface area contributed by atoms with E-state index >= 15 is 0 Å². The van der Waals surface area contributed by atoms with Crippen LogP contribution in [0.3, 0.4) is 0 Å². The lowest BCUT2D eigenvalue weighted by molar-refractivity contribution is 0.541. The van der Waals surface area contributed by atoms with E-state index in [1.165, 1.54) is 17.6 Å². The molecule has 6 aromatic rings. The third kappa shape index (κ3) is 6.47. The summed E-state index contributed by atoms with van der Waals surface area (Å²) < 4.78 is 0. The van der Waals surface area contributed by atoms with Crippen LogP contribution in [-0.4, -0.2) is 19.9 Å². The van der Waals surface area contributed by atoms with E-state index in [1.54, 1.807) is 12.4 Å². The second-order valence-electron chi connectivity index (χ2n) is 12.2. The van der Waals surface area contributed by atoms with Gasteiger partial charge in [-0.25, -0.2) is 9.97 Å². The summed E-state index contributed by atoms with van der Waals surface area (Å²) in [4.78, 5) is 19.1. The average Bonchev–Trinajstić information content (AvgIpc) is 3.12. The number of nitrogens with zero attached hydrogens (tertiary/aromatic N) is 4. The summed E-state index contributed by atoms with van der Waals surface area (Å²) in [6, 6.07) is 35.9. The SMILES string of the molecule is CC1/C=C\C=C(\c2cccc(-c3nc(-c4cccc(-c5cccnc5)c4)cc(-c4cccc(-c5cccnc5)c4)n3)c2)C(C)CC1. The molecule has 2 unspecified atom stereocenters. The zero-order chi connectivity index (χ0) is 31.3. The first-order valence-electron chi connectivity index (χ1n) is 16.0. The standard InChI is InChI=1S/C42H36N4/c1-29-9-3-18-39(30(2)20-19-29)33-12-6-15-36(25-33)42-45-40(34-13-4-10-31(23-34)37-16-7-21-43-27-37)26-41(46-42)35-14-5-11-32(24-35)38-17-8-22-44-28-38/h3-18,21-30H,19-20H2,1-2H3/b9-3-,39-18+. The Morgan fingerprint density at radius 2 is 1.04 bits per heavy atom. The smallest absolute Gasteiger partial charge is 0.160 e.